The minimum absolute atomic E-state index is 0. The molecule has 3 fully saturated rings. The Labute approximate surface area is 177 Å². The van der Waals surface area contributed by atoms with Crippen LogP contribution in [-0.4, -0.2) is 52.6 Å². The predicted octanol–water partition coefficient (Wildman–Crippen LogP) is 1.86. The van der Waals surface area contributed by atoms with Gasteiger partial charge in [0.1, 0.15) is 11.2 Å². The molecule has 3 heterocycles. The Bertz CT molecular complexity index is 1100. The van der Waals surface area contributed by atoms with E-state index in [0.29, 0.717) is 31.8 Å². The zero-order valence-electron chi connectivity index (χ0n) is 16.1. The summed E-state index contributed by atoms with van der Waals surface area (Å²) in [6.07, 6.45) is 3.81. The molecule has 1 saturated carbocycles. The van der Waals surface area contributed by atoms with Gasteiger partial charge in [0.2, 0.25) is 5.43 Å². The lowest BCUT2D eigenvalue weighted by molar-refractivity contribution is 0.0126. The van der Waals surface area contributed by atoms with Gasteiger partial charge in [-0.05, 0) is 25.3 Å². The van der Waals surface area contributed by atoms with Gasteiger partial charge in [-0.15, -0.1) is 12.4 Å². The van der Waals surface area contributed by atoms with Crippen LogP contribution in [-0.2, 0) is 4.74 Å². The van der Waals surface area contributed by atoms with E-state index in [9.17, 15) is 19.8 Å². The number of ether oxygens (including phenoxy) is 1. The van der Waals surface area contributed by atoms with Crippen molar-refractivity contribution in [2.24, 2.45) is 11.7 Å². The number of phenolic OH excluding ortho intramolecular Hbond substituents is 1. The second-order valence-corrected chi connectivity index (χ2v) is 8.25. The summed E-state index contributed by atoms with van der Waals surface area (Å²) in [6.45, 7) is 1.89. The molecule has 2 aromatic rings. The first-order valence-corrected chi connectivity index (χ1v) is 9.79. The maximum atomic E-state index is 15.2. The number of hydrogen-bond acceptors (Lipinski definition) is 6. The van der Waals surface area contributed by atoms with Crippen molar-refractivity contribution in [1.29, 1.82) is 0 Å². The summed E-state index contributed by atoms with van der Waals surface area (Å²) in [7, 11) is 0. The van der Waals surface area contributed by atoms with Gasteiger partial charge in [0.25, 0.3) is 0 Å². The van der Waals surface area contributed by atoms with Crippen LogP contribution in [0.4, 0.5) is 10.1 Å². The molecule has 1 aromatic heterocycles. The van der Waals surface area contributed by atoms with Gasteiger partial charge >= 0.3 is 5.97 Å². The van der Waals surface area contributed by atoms with E-state index in [4.69, 9.17) is 10.5 Å². The van der Waals surface area contributed by atoms with Gasteiger partial charge in [-0.25, -0.2) is 9.18 Å². The van der Waals surface area contributed by atoms with Crippen molar-refractivity contribution in [1.82, 2.24) is 4.57 Å². The first-order chi connectivity index (χ1) is 13.9. The molecular formula is C20H23ClFN3O5. The highest BCUT2D eigenvalue weighted by atomic mass is 35.5. The van der Waals surface area contributed by atoms with Crippen LogP contribution in [0.3, 0.4) is 0 Å². The number of nitrogens with two attached hydrogens (primary N) is 1. The van der Waals surface area contributed by atoms with Gasteiger partial charge in [-0.1, -0.05) is 0 Å². The molecule has 3 aliphatic rings. The number of pyridine rings is 1. The Morgan fingerprint density at radius 3 is 2.70 bits per heavy atom. The topological polar surface area (TPSA) is 118 Å². The van der Waals surface area contributed by atoms with Gasteiger partial charge in [-0.2, -0.15) is 0 Å². The van der Waals surface area contributed by atoms with Crippen molar-refractivity contribution in [2.45, 2.75) is 30.9 Å². The van der Waals surface area contributed by atoms with Crippen LogP contribution in [0.15, 0.2) is 17.1 Å². The monoisotopic (exact) mass is 439 g/mol. The fourth-order valence-electron chi connectivity index (χ4n) is 4.83. The smallest absolute Gasteiger partial charge is 0.341 e. The van der Waals surface area contributed by atoms with E-state index < -0.39 is 34.1 Å². The number of carboxylic acid groups (broad SMARTS) is 1. The maximum absolute atomic E-state index is 15.2. The van der Waals surface area contributed by atoms with Gasteiger partial charge in [0.05, 0.1) is 16.6 Å². The van der Waals surface area contributed by atoms with Crippen LogP contribution >= 0.6 is 12.4 Å². The van der Waals surface area contributed by atoms with Crippen molar-refractivity contribution in [3.05, 3.63) is 33.9 Å². The summed E-state index contributed by atoms with van der Waals surface area (Å²) in [5.74, 6) is -2.96. The van der Waals surface area contributed by atoms with Gasteiger partial charge in [-0.3, -0.25) is 4.79 Å². The lowest BCUT2D eigenvalue weighted by Crippen LogP contribution is -2.44. The third-order valence-electron chi connectivity index (χ3n) is 6.57. The van der Waals surface area contributed by atoms with Crippen molar-refractivity contribution in [3.63, 3.8) is 0 Å². The summed E-state index contributed by atoms with van der Waals surface area (Å²) in [5, 5.41) is 19.6. The predicted molar refractivity (Wildman–Crippen MR) is 110 cm³/mol. The summed E-state index contributed by atoms with van der Waals surface area (Å²) < 4.78 is 22.7. The molecule has 1 aromatic carbocycles. The molecule has 0 radical (unpaired) electrons. The average Bonchev–Trinajstić information content (AvgIpc) is 3.35. The molecule has 10 heteroatoms. The molecule has 162 valence electrons. The number of benzene rings is 1. The first kappa shape index (κ1) is 20.9. The molecular weight excluding hydrogens is 417 g/mol. The van der Waals surface area contributed by atoms with Crippen molar-refractivity contribution >= 4 is 35.0 Å². The minimum Gasteiger partial charge on any atom is -0.504 e. The standard InChI is InChI=1S/C20H22FN3O5.ClH/c21-16-14(23-6-10-3-4-29-20(10,8-22)9-23)5-13-15(18(16)26)17(25)12(19(27)28)7-24(13)11-1-2-11;/h5,7,10-11,26H,1-4,6,8-9,22H2,(H,27,28);1H. The number of aromatic nitrogens is 1. The molecule has 1 aliphatic carbocycles. The number of halogens is 2. The maximum Gasteiger partial charge on any atom is 0.341 e. The summed E-state index contributed by atoms with van der Waals surface area (Å²) in [5.41, 5.74) is 4.59. The zero-order chi connectivity index (χ0) is 20.5. The number of carboxylic acids is 1. The van der Waals surface area contributed by atoms with E-state index in [1.807, 2.05) is 0 Å². The number of nitrogens with zero attached hydrogens (tertiary/aromatic N) is 2. The quantitative estimate of drug-likeness (QED) is 0.665. The zero-order valence-corrected chi connectivity index (χ0v) is 17.0. The fraction of sp³-hybridized carbons (Fsp3) is 0.500. The van der Waals surface area contributed by atoms with E-state index in [2.05, 4.69) is 0 Å². The Morgan fingerprint density at radius 2 is 2.10 bits per heavy atom. The number of aromatic carboxylic acids is 1. The number of rotatable bonds is 4. The molecule has 0 spiro atoms. The Balaban J connectivity index is 0.00000218. The average molecular weight is 440 g/mol. The van der Waals surface area contributed by atoms with Crippen molar-refractivity contribution in [2.75, 3.05) is 31.1 Å². The van der Waals surface area contributed by atoms with Gasteiger partial charge < -0.3 is 30.2 Å². The van der Waals surface area contributed by atoms with Crippen LogP contribution in [0.1, 0.15) is 35.7 Å². The van der Waals surface area contributed by atoms with E-state index >= 15 is 4.39 Å². The minimum atomic E-state index is -1.40. The molecule has 2 atom stereocenters. The Kier molecular flexibility index (Phi) is 4.95. The Hall–Kier alpha value is -2.36. The van der Waals surface area contributed by atoms with Crippen LogP contribution in [0, 0.1) is 11.7 Å². The normalized spacial score (nSPS) is 25.4. The molecule has 2 aliphatic heterocycles. The molecule has 2 saturated heterocycles. The molecule has 0 bridgehead atoms. The number of aromatic hydroxyl groups is 1. The van der Waals surface area contributed by atoms with E-state index in [1.54, 1.807) is 15.5 Å². The third kappa shape index (κ3) is 2.87. The second-order valence-electron chi connectivity index (χ2n) is 8.25. The number of carbonyl (C=O) groups is 1. The summed E-state index contributed by atoms with van der Waals surface area (Å²) >= 11 is 0. The Morgan fingerprint density at radius 1 is 1.37 bits per heavy atom. The molecule has 30 heavy (non-hydrogen) atoms. The number of anilines is 1. The van der Waals surface area contributed by atoms with Crippen LogP contribution in [0.5, 0.6) is 5.75 Å². The van der Waals surface area contributed by atoms with Crippen LogP contribution < -0.4 is 16.1 Å². The van der Waals surface area contributed by atoms with Crippen LogP contribution in [0.25, 0.3) is 10.9 Å². The van der Waals surface area contributed by atoms with E-state index in [1.165, 1.54) is 6.20 Å². The van der Waals surface area contributed by atoms with E-state index in [0.717, 1.165) is 19.3 Å². The number of fused-ring (bicyclic) bond motifs is 2. The molecule has 0 amide bonds. The van der Waals surface area contributed by atoms with Crippen LogP contribution in [0.2, 0.25) is 0 Å². The van der Waals surface area contributed by atoms with Crippen molar-refractivity contribution < 1.29 is 24.1 Å². The molecule has 5 rings (SSSR count). The fourth-order valence-corrected chi connectivity index (χ4v) is 4.83. The third-order valence-corrected chi connectivity index (χ3v) is 6.57. The van der Waals surface area contributed by atoms with E-state index in [-0.39, 0.29) is 35.4 Å². The van der Waals surface area contributed by atoms with Gasteiger partial charge in [0.15, 0.2) is 11.6 Å². The largest absolute Gasteiger partial charge is 0.504 e. The highest BCUT2D eigenvalue weighted by Gasteiger charge is 2.50. The highest BCUT2D eigenvalue weighted by molar-refractivity contribution is 5.96. The number of phenols is 1. The molecule has 2 unspecified atom stereocenters. The lowest BCUT2D eigenvalue weighted by atomic mass is 9.91. The summed E-state index contributed by atoms with van der Waals surface area (Å²) in [4.78, 5) is 26.0. The highest BCUT2D eigenvalue weighted by Crippen LogP contribution is 2.44. The summed E-state index contributed by atoms with van der Waals surface area (Å²) in [6, 6.07) is 1.58. The number of hydrogen-bond donors (Lipinski definition) is 3. The molecule has 8 nitrogen and oxygen atoms in total. The second kappa shape index (κ2) is 7.11. The SMILES string of the molecule is Cl.NCC12CN(c3cc4c(c(O)c3F)c(=O)c(C(=O)O)cn4C3CC3)CC1CCO2. The first-order valence-electron chi connectivity index (χ1n) is 9.79. The molecule has 4 N–H and O–H groups in total. The van der Waals surface area contributed by atoms with Crippen molar-refractivity contribution in [3.8, 4) is 5.75 Å². The lowest BCUT2D eigenvalue weighted by Gasteiger charge is -2.27. The van der Waals surface area contributed by atoms with Gasteiger partial charge in [0, 0.05) is 44.4 Å².